The number of nitrogens with zero attached hydrogens (tertiary/aromatic N) is 1. The van der Waals surface area contributed by atoms with Crippen LogP contribution in [0.3, 0.4) is 0 Å². The number of benzene rings is 1. The van der Waals surface area contributed by atoms with Crippen LogP contribution in [-0.2, 0) is 0 Å². The third kappa shape index (κ3) is 3.51. The third-order valence-electron chi connectivity index (χ3n) is 5.11. The van der Waals surface area contributed by atoms with E-state index in [1.165, 1.54) is 10.9 Å². The molecule has 2 rings (SSSR count). The Morgan fingerprint density at radius 1 is 0.913 bits per heavy atom. The number of rotatable bonds is 3. The molecule has 1 aromatic heterocycles. The highest BCUT2D eigenvalue weighted by Crippen LogP contribution is 2.40. The molecule has 2 aromatic rings. The highest BCUT2D eigenvalue weighted by atomic mass is 28.3. The fourth-order valence-corrected chi connectivity index (χ4v) is 9.15. The number of aromatic nitrogens is 1. The summed E-state index contributed by atoms with van der Waals surface area (Å²) in [5, 5.41) is 1.19. The summed E-state index contributed by atoms with van der Waals surface area (Å²) in [4.78, 5) is 4.53. The molecule has 0 saturated carbocycles. The summed E-state index contributed by atoms with van der Waals surface area (Å²) in [6.07, 6.45) is 1.93. The number of aryl methyl sites for hydroxylation is 1. The van der Waals surface area contributed by atoms with E-state index in [9.17, 15) is 0 Å². The largest absolute Gasteiger partial charge is 0.256 e. The number of pyridine rings is 1. The lowest BCUT2D eigenvalue weighted by molar-refractivity contribution is 0.838. The first kappa shape index (κ1) is 17.8. The Labute approximate surface area is 142 Å². The lowest BCUT2D eigenvalue weighted by Crippen LogP contribution is -2.43. The Hall–Kier alpha value is -1.59. The average molecular weight is 324 g/mol. The van der Waals surface area contributed by atoms with Crippen molar-refractivity contribution in [3.05, 3.63) is 41.6 Å². The van der Waals surface area contributed by atoms with Crippen LogP contribution >= 0.6 is 0 Å². The first-order valence-electron chi connectivity index (χ1n) is 8.67. The SMILES string of the molecule is Cc1cnc2cc(C#C[Si](C(C)C)(C(C)C)C(C)C)ccc2c1. The lowest BCUT2D eigenvalue weighted by Gasteiger charge is -2.38. The van der Waals surface area contributed by atoms with Crippen LogP contribution in [0.2, 0.25) is 16.6 Å². The van der Waals surface area contributed by atoms with Crippen molar-refractivity contribution in [2.24, 2.45) is 0 Å². The fraction of sp³-hybridized carbons (Fsp3) is 0.476. The topological polar surface area (TPSA) is 12.9 Å². The van der Waals surface area contributed by atoms with Crippen LogP contribution < -0.4 is 0 Å². The normalized spacial score (nSPS) is 12.1. The van der Waals surface area contributed by atoms with Gasteiger partial charge in [-0.1, -0.05) is 53.5 Å². The highest BCUT2D eigenvalue weighted by Gasteiger charge is 2.41. The first-order valence-corrected chi connectivity index (χ1v) is 10.9. The molecular weight excluding hydrogens is 294 g/mol. The van der Waals surface area contributed by atoms with Crippen molar-refractivity contribution in [3.8, 4) is 11.5 Å². The minimum Gasteiger partial charge on any atom is -0.256 e. The van der Waals surface area contributed by atoms with Crippen molar-refractivity contribution in [2.45, 2.75) is 65.1 Å². The molecule has 1 aromatic carbocycles. The average Bonchev–Trinajstić information content (AvgIpc) is 2.46. The van der Waals surface area contributed by atoms with Crippen LogP contribution in [0.25, 0.3) is 10.9 Å². The summed E-state index contributed by atoms with van der Waals surface area (Å²) in [7, 11) is -1.67. The van der Waals surface area contributed by atoms with E-state index in [1.807, 2.05) is 6.20 Å². The van der Waals surface area contributed by atoms with Crippen molar-refractivity contribution in [3.63, 3.8) is 0 Å². The number of hydrogen-bond acceptors (Lipinski definition) is 1. The molecule has 1 nitrogen and oxygen atoms in total. The standard InChI is InChI=1S/C21H29NSi/c1-15(2)23(16(3)4,17(5)6)11-10-19-8-9-20-12-18(7)14-22-21(20)13-19/h8-9,12-17H,1-7H3. The van der Waals surface area contributed by atoms with Gasteiger partial charge in [0.25, 0.3) is 0 Å². The summed E-state index contributed by atoms with van der Waals surface area (Å²) in [6.45, 7) is 16.2. The fourth-order valence-electron chi connectivity index (χ4n) is 3.92. The molecule has 23 heavy (non-hydrogen) atoms. The molecule has 0 radical (unpaired) electrons. The molecule has 0 amide bonds. The van der Waals surface area contributed by atoms with E-state index in [1.54, 1.807) is 0 Å². The second-order valence-electron chi connectivity index (χ2n) is 7.57. The van der Waals surface area contributed by atoms with Gasteiger partial charge in [0.1, 0.15) is 8.07 Å². The number of hydrogen-bond donors (Lipinski definition) is 0. The molecule has 122 valence electrons. The zero-order valence-corrected chi connectivity index (χ0v) is 16.6. The zero-order valence-electron chi connectivity index (χ0n) is 15.6. The zero-order chi connectivity index (χ0) is 17.2. The van der Waals surface area contributed by atoms with E-state index >= 15 is 0 Å². The van der Waals surface area contributed by atoms with E-state index in [0.29, 0.717) is 16.6 Å². The Bertz CT molecular complexity index is 725. The Balaban J connectivity index is 2.48. The monoisotopic (exact) mass is 323 g/mol. The van der Waals surface area contributed by atoms with Crippen molar-refractivity contribution >= 4 is 19.0 Å². The summed E-state index contributed by atoms with van der Waals surface area (Å²) in [6, 6.07) is 8.58. The predicted molar refractivity (Wildman–Crippen MR) is 104 cm³/mol. The van der Waals surface area contributed by atoms with Gasteiger partial charge in [0.2, 0.25) is 0 Å². The van der Waals surface area contributed by atoms with Gasteiger partial charge in [-0.05, 0) is 47.3 Å². The quantitative estimate of drug-likeness (QED) is 0.490. The minimum absolute atomic E-state index is 0.663. The van der Waals surface area contributed by atoms with Gasteiger partial charge in [-0.2, -0.15) is 0 Å². The molecule has 0 aliphatic carbocycles. The van der Waals surface area contributed by atoms with Gasteiger partial charge in [0, 0.05) is 17.1 Å². The van der Waals surface area contributed by atoms with Crippen molar-refractivity contribution in [2.75, 3.05) is 0 Å². The summed E-state index contributed by atoms with van der Waals surface area (Å²) >= 11 is 0. The smallest absolute Gasteiger partial charge is 0.146 e. The molecule has 0 spiro atoms. The first-order chi connectivity index (χ1) is 10.8. The Morgan fingerprint density at radius 2 is 1.52 bits per heavy atom. The van der Waals surface area contributed by atoms with Gasteiger partial charge in [-0.3, -0.25) is 4.98 Å². The molecule has 0 aliphatic heterocycles. The van der Waals surface area contributed by atoms with Crippen LogP contribution in [0, 0.1) is 18.4 Å². The van der Waals surface area contributed by atoms with Crippen LogP contribution in [0.4, 0.5) is 0 Å². The van der Waals surface area contributed by atoms with Crippen LogP contribution in [0.1, 0.15) is 52.7 Å². The van der Waals surface area contributed by atoms with Gasteiger partial charge in [0.15, 0.2) is 0 Å². The lowest BCUT2D eigenvalue weighted by atomic mass is 10.1. The second kappa shape index (κ2) is 6.89. The van der Waals surface area contributed by atoms with Gasteiger partial charge >= 0.3 is 0 Å². The summed E-state index contributed by atoms with van der Waals surface area (Å²) in [5.41, 5.74) is 9.10. The second-order valence-corrected chi connectivity index (χ2v) is 13.1. The van der Waals surface area contributed by atoms with Crippen LogP contribution in [0.5, 0.6) is 0 Å². The Morgan fingerprint density at radius 3 is 2.09 bits per heavy atom. The van der Waals surface area contributed by atoms with Crippen molar-refractivity contribution in [1.29, 1.82) is 0 Å². The van der Waals surface area contributed by atoms with E-state index in [0.717, 1.165) is 11.1 Å². The highest BCUT2D eigenvalue weighted by molar-refractivity contribution is 6.90. The van der Waals surface area contributed by atoms with Crippen LogP contribution in [-0.4, -0.2) is 13.1 Å². The summed E-state index contributed by atoms with van der Waals surface area (Å²) in [5.74, 6) is 3.51. The van der Waals surface area contributed by atoms with Gasteiger partial charge in [-0.25, -0.2) is 0 Å². The van der Waals surface area contributed by atoms with E-state index in [-0.39, 0.29) is 0 Å². The molecule has 0 bridgehead atoms. The predicted octanol–water partition coefficient (Wildman–Crippen LogP) is 6.11. The molecule has 1 heterocycles. The van der Waals surface area contributed by atoms with Gasteiger partial charge < -0.3 is 0 Å². The molecular formula is C21H29NSi. The maximum absolute atomic E-state index is 4.53. The van der Waals surface area contributed by atoms with Crippen molar-refractivity contribution in [1.82, 2.24) is 4.98 Å². The van der Waals surface area contributed by atoms with E-state index < -0.39 is 8.07 Å². The Kier molecular flexibility index (Phi) is 5.32. The number of fused-ring (bicyclic) bond motifs is 1. The van der Waals surface area contributed by atoms with E-state index in [2.05, 4.69) is 89.2 Å². The van der Waals surface area contributed by atoms with Gasteiger partial charge in [-0.15, -0.1) is 5.54 Å². The summed E-state index contributed by atoms with van der Waals surface area (Å²) < 4.78 is 0. The molecule has 0 saturated heterocycles. The minimum atomic E-state index is -1.67. The van der Waals surface area contributed by atoms with Crippen molar-refractivity contribution < 1.29 is 0 Å². The molecule has 2 heteroatoms. The molecule has 0 fully saturated rings. The third-order valence-corrected chi connectivity index (χ3v) is 11.4. The van der Waals surface area contributed by atoms with E-state index in [4.69, 9.17) is 0 Å². The van der Waals surface area contributed by atoms with Gasteiger partial charge in [0.05, 0.1) is 5.52 Å². The molecule has 0 unspecified atom stereocenters. The molecule has 0 N–H and O–H groups in total. The molecule has 0 atom stereocenters. The maximum atomic E-state index is 4.53. The molecule has 0 aliphatic rings. The van der Waals surface area contributed by atoms with Crippen LogP contribution in [0.15, 0.2) is 30.5 Å². The maximum Gasteiger partial charge on any atom is 0.146 e.